The number of hydrogen-bond acceptors (Lipinski definition) is 3. The van der Waals surface area contributed by atoms with Crippen LogP contribution in [-0.2, 0) is 4.74 Å². The van der Waals surface area contributed by atoms with Crippen LogP contribution in [-0.4, -0.2) is 57.3 Å². The van der Waals surface area contributed by atoms with Gasteiger partial charge in [0.2, 0.25) is 0 Å². The summed E-state index contributed by atoms with van der Waals surface area (Å²) in [5.74, 6) is 1.73. The fraction of sp³-hybridized carbons (Fsp3) is 0.682. The van der Waals surface area contributed by atoms with E-state index in [9.17, 15) is 0 Å². The van der Waals surface area contributed by atoms with Crippen LogP contribution >= 0.6 is 24.0 Å². The molecule has 1 heterocycles. The molecule has 0 aliphatic carbocycles. The number of hydrogen-bond donors (Lipinski definition) is 2. The van der Waals surface area contributed by atoms with Crippen molar-refractivity contribution in [1.29, 1.82) is 0 Å². The van der Waals surface area contributed by atoms with Crippen LogP contribution in [0.2, 0.25) is 0 Å². The Bertz CT molecular complexity index is 533. The molecule has 1 aliphatic rings. The minimum atomic E-state index is 0. The highest BCUT2D eigenvalue weighted by molar-refractivity contribution is 14.0. The number of nitrogens with zero attached hydrogens (tertiary/aromatic N) is 2. The molecule has 1 fully saturated rings. The summed E-state index contributed by atoms with van der Waals surface area (Å²) >= 11 is 0. The van der Waals surface area contributed by atoms with Crippen molar-refractivity contribution in [3.8, 4) is 0 Å². The number of nitrogens with one attached hydrogen (secondary N) is 2. The molecule has 28 heavy (non-hydrogen) atoms. The van der Waals surface area contributed by atoms with E-state index < -0.39 is 0 Å². The molecule has 1 saturated heterocycles. The lowest BCUT2D eigenvalue weighted by Crippen LogP contribution is -2.45. The van der Waals surface area contributed by atoms with Crippen LogP contribution in [0.1, 0.15) is 51.1 Å². The summed E-state index contributed by atoms with van der Waals surface area (Å²) in [6.07, 6.45) is 4.75. The average molecular weight is 502 g/mol. The van der Waals surface area contributed by atoms with E-state index in [0.717, 1.165) is 51.0 Å². The van der Waals surface area contributed by atoms with Crippen molar-refractivity contribution in [3.05, 3.63) is 35.9 Å². The van der Waals surface area contributed by atoms with Gasteiger partial charge >= 0.3 is 0 Å². The average Bonchev–Trinajstić information content (AvgIpc) is 2.71. The topological polar surface area (TPSA) is 48.9 Å². The van der Waals surface area contributed by atoms with Gasteiger partial charge in [0.1, 0.15) is 0 Å². The number of unbranched alkanes of at least 4 members (excludes halogenated alkanes) is 1. The van der Waals surface area contributed by atoms with E-state index in [0.29, 0.717) is 6.04 Å². The number of halogens is 1. The van der Waals surface area contributed by atoms with Gasteiger partial charge in [-0.15, -0.1) is 24.0 Å². The molecule has 0 radical (unpaired) electrons. The number of benzene rings is 1. The molecular formula is C22H39IN4O. The smallest absolute Gasteiger partial charge is 0.191 e. The van der Waals surface area contributed by atoms with Gasteiger partial charge in [-0.1, -0.05) is 37.3 Å². The summed E-state index contributed by atoms with van der Waals surface area (Å²) in [5.41, 5.74) is 1.38. The second-order valence-corrected chi connectivity index (χ2v) is 7.43. The van der Waals surface area contributed by atoms with Crippen LogP contribution in [0.4, 0.5) is 0 Å². The lowest BCUT2D eigenvalue weighted by molar-refractivity contribution is 0.138. The maximum Gasteiger partial charge on any atom is 0.191 e. The second-order valence-electron chi connectivity index (χ2n) is 7.43. The van der Waals surface area contributed by atoms with E-state index in [-0.39, 0.29) is 24.0 Å². The Morgan fingerprint density at radius 1 is 1.18 bits per heavy atom. The third-order valence-corrected chi connectivity index (χ3v) is 5.34. The minimum absolute atomic E-state index is 0. The summed E-state index contributed by atoms with van der Waals surface area (Å²) in [4.78, 5) is 7.01. The summed E-state index contributed by atoms with van der Waals surface area (Å²) in [5, 5.41) is 6.97. The summed E-state index contributed by atoms with van der Waals surface area (Å²) in [6, 6.07) is 11.2. The third kappa shape index (κ3) is 9.09. The molecular weight excluding hydrogens is 463 g/mol. The Morgan fingerprint density at radius 2 is 1.89 bits per heavy atom. The number of aliphatic imine (C=N–C) groups is 1. The first-order valence-electron chi connectivity index (χ1n) is 10.6. The van der Waals surface area contributed by atoms with Gasteiger partial charge in [0.25, 0.3) is 0 Å². The molecule has 0 saturated carbocycles. The molecule has 2 N–H and O–H groups in total. The maximum absolute atomic E-state index is 5.39. The molecule has 160 valence electrons. The monoisotopic (exact) mass is 502 g/mol. The predicted octanol–water partition coefficient (Wildman–Crippen LogP) is 4.06. The molecule has 1 aliphatic heterocycles. The summed E-state index contributed by atoms with van der Waals surface area (Å²) in [6.45, 7) is 10.2. The number of piperidine rings is 1. The fourth-order valence-corrected chi connectivity index (χ4v) is 3.57. The Labute approximate surface area is 188 Å². The van der Waals surface area contributed by atoms with Gasteiger partial charge in [-0.2, -0.15) is 0 Å². The van der Waals surface area contributed by atoms with Gasteiger partial charge in [-0.3, -0.25) is 9.89 Å². The number of ether oxygens (including phenoxy) is 1. The third-order valence-electron chi connectivity index (χ3n) is 5.34. The van der Waals surface area contributed by atoms with Crippen LogP contribution in [0.3, 0.4) is 0 Å². The van der Waals surface area contributed by atoms with E-state index in [1.54, 1.807) is 0 Å². The van der Waals surface area contributed by atoms with Crippen molar-refractivity contribution in [2.45, 2.75) is 45.6 Å². The van der Waals surface area contributed by atoms with Crippen molar-refractivity contribution < 1.29 is 4.74 Å². The lowest BCUT2D eigenvalue weighted by atomic mass is 9.95. The van der Waals surface area contributed by atoms with Crippen molar-refractivity contribution in [2.24, 2.45) is 10.9 Å². The molecule has 6 heteroatoms. The van der Waals surface area contributed by atoms with E-state index in [1.807, 2.05) is 14.0 Å². The zero-order chi connectivity index (χ0) is 19.3. The normalized spacial score (nSPS) is 17.0. The number of likely N-dealkylation sites (tertiary alicyclic amines) is 1. The number of guanidine groups is 1. The van der Waals surface area contributed by atoms with Gasteiger partial charge in [0, 0.05) is 33.4 Å². The van der Waals surface area contributed by atoms with Crippen LogP contribution in [0.15, 0.2) is 35.3 Å². The van der Waals surface area contributed by atoms with Crippen LogP contribution in [0, 0.1) is 5.92 Å². The van der Waals surface area contributed by atoms with Gasteiger partial charge in [0.15, 0.2) is 5.96 Å². The Morgan fingerprint density at radius 3 is 2.54 bits per heavy atom. The Hall–Kier alpha value is -0.860. The SMILES string of the molecule is CCOCCCCNC(=NC)NCC(c1ccccc1)N1CCC(C)CC1.I. The first-order valence-corrected chi connectivity index (χ1v) is 10.6. The Kier molecular flexibility index (Phi) is 13.5. The van der Waals surface area contributed by atoms with E-state index in [1.165, 1.54) is 31.5 Å². The molecule has 0 amide bonds. The molecule has 0 bridgehead atoms. The quantitative estimate of drug-likeness (QED) is 0.219. The Balaban J connectivity index is 0.00000392. The molecule has 1 atom stereocenters. The molecule has 0 spiro atoms. The van der Waals surface area contributed by atoms with Crippen molar-refractivity contribution in [2.75, 3.05) is 46.4 Å². The van der Waals surface area contributed by atoms with Gasteiger partial charge in [0.05, 0.1) is 6.04 Å². The molecule has 2 rings (SSSR count). The first-order chi connectivity index (χ1) is 13.2. The summed E-state index contributed by atoms with van der Waals surface area (Å²) < 4.78 is 5.39. The van der Waals surface area contributed by atoms with Gasteiger partial charge in [-0.05, 0) is 57.2 Å². The fourth-order valence-electron chi connectivity index (χ4n) is 3.57. The van der Waals surface area contributed by atoms with E-state index >= 15 is 0 Å². The highest BCUT2D eigenvalue weighted by Gasteiger charge is 2.24. The van der Waals surface area contributed by atoms with Crippen LogP contribution in [0.5, 0.6) is 0 Å². The maximum atomic E-state index is 5.39. The number of rotatable bonds is 10. The van der Waals surface area contributed by atoms with Crippen LogP contribution in [0.25, 0.3) is 0 Å². The molecule has 0 aromatic heterocycles. The molecule has 1 unspecified atom stereocenters. The standard InChI is InChI=1S/C22H38N4O.HI/c1-4-27-17-9-8-14-24-22(23-3)25-18-21(20-10-6-5-7-11-20)26-15-12-19(2)13-16-26;/h5-7,10-11,19,21H,4,8-9,12-18H2,1-3H3,(H2,23,24,25);1H. The molecule has 1 aromatic carbocycles. The van der Waals surface area contributed by atoms with E-state index in [4.69, 9.17) is 4.74 Å². The lowest BCUT2D eigenvalue weighted by Gasteiger charge is -2.37. The molecule has 5 nitrogen and oxygen atoms in total. The molecule has 1 aromatic rings. The van der Waals surface area contributed by atoms with Gasteiger partial charge < -0.3 is 15.4 Å². The summed E-state index contributed by atoms with van der Waals surface area (Å²) in [7, 11) is 1.84. The first kappa shape index (κ1) is 25.2. The van der Waals surface area contributed by atoms with Crippen molar-refractivity contribution >= 4 is 29.9 Å². The van der Waals surface area contributed by atoms with Crippen molar-refractivity contribution in [1.82, 2.24) is 15.5 Å². The zero-order valence-corrected chi connectivity index (χ0v) is 20.2. The second kappa shape index (κ2) is 15.0. The predicted molar refractivity (Wildman–Crippen MR) is 130 cm³/mol. The largest absolute Gasteiger partial charge is 0.382 e. The highest BCUT2D eigenvalue weighted by atomic mass is 127. The van der Waals surface area contributed by atoms with Crippen molar-refractivity contribution in [3.63, 3.8) is 0 Å². The minimum Gasteiger partial charge on any atom is -0.382 e. The zero-order valence-electron chi connectivity index (χ0n) is 17.8. The van der Waals surface area contributed by atoms with E-state index in [2.05, 4.69) is 57.8 Å². The van der Waals surface area contributed by atoms with Gasteiger partial charge in [-0.25, -0.2) is 0 Å². The van der Waals surface area contributed by atoms with Crippen LogP contribution < -0.4 is 10.6 Å². The highest BCUT2D eigenvalue weighted by Crippen LogP contribution is 2.26.